The molecule has 14 rings (SSSR count). The smallest absolute Gasteiger partial charge is 0.330 e. The lowest BCUT2D eigenvalue weighted by molar-refractivity contribution is -0.334. The van der Waals surface area contributed by atoms with Gasteiger partial charge in [-0.25, -0.2) is 4.79 Å². The fourth-order valence-electron chi connectivity index (χ4n) is 15.3. The van der Waals surface area contributed by atoms with E-state index in [0.717, 1.165) is 58.6 Å². The number of carbonyl (C=O) groups is 8. The van der Waals surface area contributed by atoms with Gasteiger partial charge in [-0.05, 0) is 142 Å². The third kappa shape index (κ3) is 19.4. The number of phenols is 3. The van der Waals surface area contributed by atoms with E-state index >= 15 is 24.0 Å². The molecule has 3 saturated heterocycles. The molecule has 0 spiro atoms. The maximum absolute atomic E-state index is 16.5. The van der Waals surface area contributed by atoms with E-state index in [1.54, 1.807) is 13.8 Å². The first-order chi connectivity index (χ1) is 56.2. The Labute approximate surface area is 698 Å². The van der Waals surface area contributed by atoms with Crippen molar-refractivity contribution >= 4 is 86.5 Å². The summed E-state index contributed by atoms with van der Waals surface area (Å²) in [5.41, 5.74) is 7.84. The lowest BCUT2D eigenvalue weighted by Crippen LogP contribution is -2.65. The average molecular weight is 1760 g/mol. The van der Waals surface area contributed by atoms with Gasteiger partial charge in [0.05, 0.1) is 53.5 Å². The zero-order valence-electron chi connectivity index (χ0n) is 65.0. The lowest BCUT2D eigenvalue weighted by atomic mass is 9.84. The molecule has 8 heterocycles. The molecule has 0 aromatic heterocycles. The second kappa shape index (κ2) is 36.4. The van der Waals surface area contributed by atoms with Gasteiger partial charge >= 0.3 is 5.97 Å². The van der Waals surface area contributed by atoms with Crippen LogP contribution in [0.4, 0.5) is 0 Å². The minimum absolute atomic E-state index is 0.115. The number of aliphatic carboxylic acids is 1. The van der Waals surface area contributed by atoms with E-state index < -0.39 is 261 Å². The number of phenolic OH excluding ortho intramolecular Hbond substituents is 3. The van der Waals surface area contributed by atoms with E-state index in [1.807, 2.05) is 38.1 Å². The number of rotatable bonds is 18. The van der Waals surface area contributed by atoms with Gasteiger partial charge < -0.3 is 143 Å². The first-order valence-electron chi connectivity index (χ1n) is 38.0. The highest BCUT2D eigenvalue weighted by Gasteiger charge is 2.53. The summed E-state index contributed by atoms with van der Waals surface area (Å²) in [7, 11) is 1.48. The number of carboxylic acid groups (broad SMARTS) is 1. The molecule has 8 aliphatic rings. The Morgan fingerprint density at radius 3 is 1.89 bits per heavy atom. The molecule has 7 amide bonds. The number of nitrogens with one attached hydrogen (secondary N) is 8. The van der Waals surface area contributed by atoms with Crippen molar-refractivity contribution in [1.29, 1.82) is 0 Å². The molecule has 6 aromatic carbocycles. The minimum atomic E-state index is -2.39. The summed E-state index contributed by atoms with van der Waals surface area (Å²) in [6.07, 6.45) is -22.7. The van der Waals surface area contributed by atoms with E-state index in [9.17, 15) is 65.4 Å². The lowest BCUT2D eigenvalue weighted by Gasteiger charge is -2.48. The summed E-state index contributed by atoms with van der Waals surface area (Å²) < 4.78 is 53.5. The van der Waals surface area contributed by atoms with Crippen molar-refractivity contribution in [1.82, 2.24) is 42.5 Å². The van der Waals surface area contributed by atoms with Crippen LogP contribution in [0.1, 0.15) is 131 Å². The summed E-state index contributed by atoms with van der Waals surface area (Å²) in [5.74, 6) is -16.1. The highest BCUT2D eigenvalue weighted by Crippen LogP contribution is 2.51. The second-order valence-corrected chi connectivity index (χ2v) is 32.9. The molecular formula is C80H93BrCl2N10O26. The van der Waals surface area contributed by atoms with Gasteiger partial charge in [0.1, 0.15) is 89.5 Å². The van der Waals surface area contributed by atoms with Crippen molar-refractivity contribution in [2.24, 2.45) is 17.4 Å². The molecule has 22 N–H and O–H groups in total. The molecule has 0 radical (unpaired) electrons. The first kappa shape index (κ1) is 88.7. The van der Waals surface area contributed by atoms with Gasteiger partial charge in [-0.2, -0.15) is 0 Å². The van der Waals surface area contributed by atoms with Crippen LogP contribution in [0.15, 0.2) is 108 Å². The molecule has 0 unspecified atom stereocenters. The predicted octanol–water partition coefficient (Wildman–Crippen LogP) is 2.94. The number of halogens is 3. The Hall–Kier alpha value is -9.62. The summed E-state index contributed by atoms with van der Waals surface area (Å²) >= 11 is 18.1. The molecule has 36 nitrogen and oxygen atoms in total. The molecule has 6 aromatic rings. The van der Waals surface area contributed by atoms with Gasteiger partial charge in [-0.1, -0.05) is 83.3 Å². The maximum atomic E-state index is 16.5. The van der Waals surface area contributed by atoms with Crippen LogP contribution in [0.5, 0.6) is 46.0 Å². The maximum Gasteiger partial charge on any atom is 0.330 e. The summed E-state index contributed by atoms with van der Waals surface area (Å²) in [6, 6.07) is 7.01. The molecular weight excluding hydrogens is 1670 g/mol. The third-order valence-corrected chi connectivity index (χ3v) is 22.8. The largest absolute Gasteiger partial charge is 0.508 e. The van der Waals surface area contributed by atoms with E-state index in [2.05, 4.69) is 58.5 Å². The quantitative estimate of drug-likeness (QED) is 0.0588. The molecule has 11 bridgehead atoms. The van der Waals surface area contributed by atoms with Crippen LogP contribution in [-0.2, 0) is 68.6 Å². The zero-order valence-corrected chi connectivity index (χ0v) is 68.1. The van der Waals surface area contributed by atoms with Crippen LogP contribution in [0, 0.1) is 5.92 Å². The van der Waals surface area contributed by atoms with E-state index in [4.69, 9.17) is 72.6 Å². The molecule has 22 atom stereocenters. The number of nitrogens with two attached hydrogens (primary N) is 2. The number of carboxylic acids is 1. The Bertz CT molecular complexity index is 4860. The average Bonchev–Trinajstić information content (AvgIpc) is 0.763. The van der Waals surface area contributed by atoms with Crippen molar-refractivity contribution in [3.8, 4) is 57.1 Å². The minimum Gasteiger partial charge on any atom is -0.508 e. The Morgan fingerprint density at radius 2 is 1.28 bits per heavy atom. The number of aromatic hydroxyl groups is 3. The highest BCUT2D eigenvalue weighted by molar-refractivity contribution is 9.10. The topological polar surface area (TPSA) is 561 Å². The third-order valence-electron chi connectivity index (χ3n) is 21.7. The van der Waals surface area contributed by atoms with Gasteiger partial charge in [-0.3, -0.25) is 33.6 Å². The fourth-order valence-corrected chi connectivity index (χ4v) is 16.0. The molecule has 0 saturated carbocycles. The number of likely N-dealkylation sites (N-methyl/N-ethyl adjacent to an activating group) is 1. The van der Waals surface area contributed by atoms with Crippen molar-refractivity contribution < 1.29 is 127 Å². The fraction of sp³-hybridized carbons (Fsp3) is 0.450. The van der Waals surface area contributed by atoms with Crippen LogP contribution in [0.25, 0.3) is 11.1 Å². The molecule has 39 heteroatoms. The van der Waals surface area contributed by atoms with E-state index in [0.29, 0.717) is 0 Å². The van der Waals surface area contributed by atoms with Crippen LogP contribution in [0.2, 0.25) is 10.0 Å². The van der Waals surface area contributed by atoms with Gasteiger partial charge in [0.25, 0.3) is 0 Å². The van der Waals surface area contributed by atoms with Crippen LogP contribution in [0.3, 0.4) is 0 Å². The number of carbonyl (C=O) groups excluding carboxylic acids is 7. The predicted molar refractivity (Wildman–Crippen MR) is 423 cm³/mol. The number of ether oxygens (including phenoxy) is 8. The van der Waals surface area contributed by atoms with Crippen molar-refractivity contribution in [3.63, 3.8) is 0 Å². The normalized spacial score (nSPS) is 30.7. The van der Waals surface area contributed by atoms with Gasteiger partial charge in [0, 0.05) is 57.7 Å². The molecule has 640 valence electrons. The van der Waals surface area contributed by atoms with Crippen LogP contribution >= 0.6 is 39.1 Å². The summed E-state index contributed by atoms with van der Waals surface area (Å²) in [5, 5.41) is 137. The summed E-state index contributed by atoms with van der Waals surface area (Å²) in [4.78, 5) is 120. The van der Waals surface area contributed by atoms with Gasteiger partial charge in [0.15, 0.2) is 36.2 Å². The van der Waals surface area contributed by atoms with Gasteiger partial charge in [-0.15, -0.1) is 0 Å². The Morgan fingerprint density at radius 1 is 0.672 bits per heavy atom. The van der Waals surface area contributed by atoms with E-state index in [1.165, 1.54) is 51.2 Å². The van der Waals surface area contributed by atoms with Gasteiger partial charge in [0.2, 0.25) is 53.4 Å². The second-order valence-electron chi connectivity index (χ2n) is 31.1. The van der Waals surface area contributed by atoms with Crippen molar-refractivity contribution in [2.45, 2.75) is 207 Å². The Balaban J connectivity index is 1.10. The number of aliphatic hydroxyl groups excluding tert-OH is 6. The zero-order chi connectivity index (χ0) is 86.3. The van der Waals surface area contributed by atoms with Crippen LogP contribution < -0.4 is 68.2 Å². The molecule has 0 aliphatic carbocycles. The van der Waals surface area contributed by atoms with E-state index in [-0.39, 0.29) is 59.2 Å². The number of benzene rings is 6. The number of hydrogen-bond donors (Lipinski definition) is 20. The number of hydrogen-bond acceptors (Lipinski definition) is 28. The first-order valence-corrected chi connectivity index (χ1v) is 39.5. The Kier molecular flexibility index (Phi) is 27.1. The summed E-state index contributed by atoms with van der Waals surface area (Å²) in [6.45, 7) is 9.10. The number of amides is 7. The monoisotopic (exact) mass is 1760 g/mol. The standard InChI is InChI=1S/C80H93BrCl2N10O26/c1-31(2)18-45(86-7)71(104)92-61-63(99)36-11-16-49(43(82)20-36)114-51-22-38-23-52(67(51)119-78-68(65(101)64(100)53(30-94)116-78)118-56-28-80(6,70(103)33(4)113-56)87-29-34-8-13-39(81)14-9-34)115-50-17-12-37(21-44(50)83)66(117-55-27-79(5,85)69(102)32(3)112-55)62-76(109)91-60(77(110)111)42-24-40(95)25-48(97)57(42)41-19-35(10-15-47(41)96)58(73(106)93-62)90-74(107)59(38)89-72(105)46(26-54(84)98)88-75(61)108/h8-17,19-25,31-33,45-46,53,55-56,58-66,68-70,78,86-87,94-97,99-103H,18,26-30,85H2,1-7H3,(H2,84,98)(H,88,108)(H,89,105)(H,90,107)(H,91,109)(H,92,104)(H,93,106)(H,110,111)/t32-,33-,45+,46-,53+,55-,56-,58+,59+,60+,61+,62-,63+,64+,65-,66+,68+,69+,70+,78-,79-,80-/m0/s1. The molecule has 3 fully saturated rings. The van der Waals surface area contributed by atoms with Crippen molar-refractivity contribution in [2.75, 3.05) is 13.7 Å². The molecule has 119 heavy (non-hydrogen) atoms. The van der Waals surface area contributed by atoms with Crippen LogP contribution in [-0.4, -0.2) is 215 Å². The highest BCUT2D eigenvalue weighted by atomic mass is 79.9. The van der Waals surface area contributed by atoms with Crippen molar-refractivity contribution in [3.05, 3.63) is 151 Å². The number of fused-ring (bicyclic) bond motifs is 15. The SMILES string of the molecule is CN[C@H](CC(C)C)C(=O)N[C@H]1C(=O)N[C@@H](CC(N)=O)C(=O)N[C@H]2C(=O)N[C@H]3C(=O)N[C@H](C(=O)N[C@@H](C(=O)O)c4cc(O)cc(O)c4-c4cc3ccc4O)[C@H](O[C@H]3C[C@](C)(N)[C@H](O)[C@H](C)O3)c3ccc(c(Cl)c3)Oc3cc2cc(c3O[C@@H]2O[C@H](CO)[C@@H](O)[C@H](O)[C@H]2O[C@H]2C[C@](C)(NCc3ccc(Br)cc3)[C@H](O)[C@H](C)O2)Oc2ccc(cc2Cl)[C@H]1O. The number of aliphatic hydroxyl groups is 6. The molecule has 8 aliphatic heterocycles. The number of primary amides is 1.